The molecule has 1 saturated carbocycles. The third kappa shape index (κ3) is 5.02. The van der Waals surface area contributed by atoms with Crippen molar-refractivity contribution in [2.75, 3.05) is 19.3 Å². The Morgan fingerprint density at radius 3 is 2.04 bits per heavy atom. The van der Waals surface area contributed by atoms with E-state index in [2.05, 4.69) is 5.32 Å². The van der Waals surface area contributed by atoms with Crippen molar-refractivity contribution < 1.29 is 61.9 Å². The lowest BCUT2D eigenvalue weighted by Gasteiger charge is -2.45. The first-order valence-electron chi connectivity index (χ1n) is 13.4. The first-order valence-corrected chi connectivity index (χ1v) is 16.8. The molecule has 0 spiro atoms. The summed E-state index contributed by atoms with van der Waals surface area (Å²) in [5.41, 5.74) is -10.1. The Labute approximate surface area is 252 Å². The van der Waals surface area contributed by atoms with E-state index < -0.39 is 95.5 Å². The largest absolute Gasteiger partial charge is 0.435 e. The second kappa shape index (κ2) is 10.3. The summed E-state index contributed by atoms with van der Waals surface area (Å²) in [4.78, 5) is 12.7. The maximum absolute atomic E-state index is 14.9. The Balaban J connectivity index is 1.59. The Bertz CT molecular complexity index is 1730. The van der Waals surface area contributed by atoms with Crippen molar-refractivity contribution in [2.24, 2.45) is 5.92 Å². The number of carbonyl (C=O) groups excluding carboxylic acids is 1. The summed E-state index contributed by atoms with van der Waals surface area (Å²) in [6, 6.07) is 3.92. The molecule has 2 aromatic carbocycles. The van der Waals surface area contributed by atoms with E-state index >= 15 is 0 Å². The number of aliphatic hydroxyl groups is 1. The molecule has 2 fully saturated rings. The molecule has 8 nitrogen and oxygen atoms in total. The van der Waals surface area contributed by atoms with Gasteiger partial charge in [0.15, 0.2) is 15.4 Å². The quantitative estimate of drug-likeness (QED) is 0.353. The van der Waals surface area contributed by atoms with Gasteiger partial charge in [0.25, 0.3) is 5.91 Å². The van der Waals surface area contributed by atoms with Crippen LogP contribution in [-0.4, -0.2) is 75.5 Å². The molecule has 2 aromatic rings. The SMILES string of the molecule is CS(=O)(=O)N1CC(O)(C(=O)N[C@@H]2CC[C@@]3(S(=O)(=O)c4ccc(F)cc4)c4ccc(C(F)(C(F)(F)F)C(F)(F)F)cc4CC[C@@H]23)C1. The molecule has 1 heterocycles. The highest BCUT2D eigenvalue weighted by Gasteiger charge is 2.74. The summed E-state index contributed by atoms with van der Waals surface area (Å²) < 4.78 is 161. The number of sulfonamides is 1. The van der Waals surface area contributed by atoms with Gasteiger partial charge in [0, 0.05) is 17.5 Å². The fourth-order valence-corrected chi connectivity index (χ4v) is 10.1. The van der Waals surface area contributed by atoms with Gasteiger partial charge in [-0.05, 0) is 61.1 Å². The molecule has 0 radical (unpaired) electrons. The minimum Gasteiger partial charge on any atom is -0.377 e. The number of halogens is 8. The summed E-state index contributed by atoms with van der Waals surface area (Å²) in [7, 11) is -8.35. The van der Waals surface area contributed by atoms with E-state index in [0.717, 1.165) is 40.9 Å². The lowest BCUT2D eigenvalue weighted by molar-refractivity contribution is -0.348. The number of nitrogens with zero attached hydrogens (tertiary/aromatic N) is 1. The summed E-state index contributed by atoms with van der Waals surface area (Å²) in [5.74, 6) is -2.84. The van der Waals surface area contributed by atoms with Crippen molar-refractivity contribution in [2.45, 2.75) is 65.0 Å². The van der Waals surface area contributed by atoms with Gasteiger partial charge < -0.3 is 10.4 Å². The average molecular weight is 691 g/mol. The van der Waals surface area contributed by atoms with Crippen LogP contribution in [0.1, 0.15) is 36.0 Å². The molecule has 0 bridgehead atoms. The highest BCUT2D eigenvalue weighted by atomic mass is 32.2. The second-order valence-corrected chi connectivity index (χ2v) is 15.9. The van der Waals surface area contributed by atoms with Gasteiger partial charge in [0.2, 0.25) is 10.0 Å². The topological polar surface area (TPSA) is 121 Å². The Morgan fingerprint density at radius 1 is 0.933 bits per heavy atom. The number of β-amino-alcohol motifs (C(OH)–C–C–N with tert-alkyl or cyclic N) is 1. The summed E-state index contributed by atoms with van der Waals surface area (Å²) in [6.45, 7) is -1.13. The van der Waals surface area contributed by atoms with Crippen molar-refractivity contribution in [3.05, 3.63) is 65.0 Å². The van der Waals surface area contributed by atoms with Gasteiger partial charge in [-0.25, -0.2) is 25.6 Å². The molecule has 1 saturated heterocycles. The van der Waals surface area contributed by atoms with Crippen molar-refractivity contribution in [1.82, 2.24) is 9.62 Å². The number of benzene rings is 2. The molecule has 1 amide bonds. The molecule has 45 heavy (non-hydrogen) atoms. The van der Waals surface area contributed by atoms with Crippen LogP contribution in [0.4, 0.5) is 35.1 Å². The van der Waals surface area contributed by atoms with Crippen molar-refractivity contribution in [3.8, 4) is 0 Å². The molecule has 0 aromatic heterocycles. The standard InChI is InChI=1S/C27H26F8N2O6S2/c1-44(40,41)37-13-23(39,14-37)22(38)36-21-10-11-24(45(42,43)18-6-4-17(28)5-7-18)19-9-3-16(12-15(19)2-8-20(21)24)25(29,26(30,31)32)27(33,34)35/h3-7,9,12,20-21,39H,2,8,10-11,13-14H2,1H3,(H,36,38)/t20-,21+,24+/m0/s1. The molecular formula is C27H26F8N2O6S2. The van der Waals surface area contributed by atoms with Crippen LogP contribution in [0.3, 0.4) is 0 Å². The van der Waals surface area contributed by atoms with Crippen LogP contribution >= 0.6 is 0 Å². The number of hydrogen-bond donors (Lipinski definition) is 2. The number of fused-ring (bicyclic) bond motifs is 3. The van der Waals surface area contributed by atoms with E-state index in [1.54, 1.807) is 0 Å². The molecular weight excluding hydrogens is 664 g/mol. The van der Waals surface area contributed by atoms with Gasteiger partial charge >= 0.3 is 18.0 Å². The Kier molecular flexibility index (Phi) is 7.70. The summed E-state index contributed by atoms with van der Waals surface area (Å²) >= 11 is 0. The zero-order valence-electron chi connectivity index (χ0n) is 23.2. The average Bonchev–Trinajstić information content (AvgIpc) is 3.29. The van der Waals surface area contributed by atoms with Crippen LogP contribution in [0.15, 0.2) is 47.4 Å². The molecule has 2 N–H and O–H groups in total. The Morgan fingerprint density at radius 2 is 1.51 bits per heavy atom. The van der Waals surface area contributed by atoms with Crippen LogP contribution in [0.25, 0.3) is 0 Å². The molecule has 5 rings (SSSR count). The monoisotopic (exact) mass is 690 g/mol. The van der Waals surface area contributed by atoms with E-state index in [1.165, 1.54) is 0 Å². The normalized spacial score (nSPS) is 25.6. The smallest absolute Gasteiger partial charge is 0.377 e. The van der Waals surface area contributed by atoms with E-state index in [1.807, 2.05) is 0 Å². The van der Waals surface area contributed by atoms with Crippen molar-refractivity contribution >= 4 is 25.8 Å². The fourth-order valence-electron chi connectivity index (χ4n) is 6.77. The predicted molar refractivity (Wildman–Crippen MR) is 141 cm³/mol. The number of hydrogen-bond acceptors (Lipinski definition) is 6. The van der Waals surface area contributed by atoms with E-state index in [0.29, 0.717) is 6.07 Å². The van der Waals surface area contributed by atoms with Gasteiger partial charge in [0.05, 0.1) is 24.2 Å². The Hall–Kier alpha value is -2.83. The van der Waals surface area contributed by atoms with E-state index in [4.69, 9.17) is 0 Å². The van der Waals surface area contributed by atoms with Crippen LogP contribution < -0.4 is 5.32 Å². The molecule has 2 aliphatic carbocycles. The first-order chi connectivity index (χ1) is 20.5. The lowest BCUT2D eigenvalue weighted by atomic mass is 9.73. The highest BCUT2D eigenvalue weighted by Crippen LogP contribution is 2.59. The zero-order chi connectivity index (χ0) is 33.6. The molecule has 18 heteroatoms. The van der Waals surface area contributed by atoms with E-state index in [-0.39, 0.29) is 42.9 Å². The van der Waals surface area contributed by atoms with Gasteiger partial charge in [-0.15, -0.1) is 0 Å². The number of carbonyl (C=O) groups is 1. The van der Waals surface area contributed by atoms with Crippen molar-refractivity contribution in [3.63, 3.8) is 0 Å². The van der Waals surface area contributed by atoms with Crippen LogP contribution in [0.2, 0.25) is 0 Å². The number of aryl methyl sites for hydroxylation is 1. The third-order valence-electron chi connectivity index (χ3n) is 9.06. The van der Waals surface area contributed by atoms with Crippen LogP contribution in [0, 0.1) is 11.7 Å². The van der Waals surface area contributed by atoms with E-state index in [9.17, 15) is 61.9 Å². The molecule has 248 valence electrons. The third-order valence-corrected chi connectivity index (χ3v) is 12.8. The maximum Gasteiger partial charge on any atom is 0.435 e. The molecule has 0 unspecified atom stereocenters. The minimum absolute atomic E-state index is 0.0813. The van der Waals surface area contributed by atoms with Gasteiger partial charge in [-0.2, -0.15) is 30.6 Å². The second-order valence-electron chi connectivity index (χ2n) is 11.7. The summed E-state index contributed by atoms with van der Waals surface area (Å²) in [5, 5.41) is 13.3. The van der Waals surface area contributed by atoms with Gasteiger partial charge in [0.1, 0.15) is 10.6 Å². The molecule has 3 atom stereocenters. The number of nitrogens with one attached hydrogen (secondary N) is 1. The summed E-state index contributed by atoms with van der Waals surface area (Å²) in [6.07, 6.45) is -12.8. The van der Waals surface area contributed by atoms with Crippen LogP contribution in [0.5, 0.6) is 0 Å². The number of alkyl halides is 7. The number of rotatable bonds is 6. The van der Waals surface area contributed by atoms with Gasteiger partial charge in [-0.1, -0.05) is 18.2 Å². The number of amides is 1. The fraction of sp³-hybridized carbons (Fsp3) is 0.519. The first kappa shape index (κ1) is 33.5. The lowest BCUT2D eigenvalue weighted by Crippen LogP contribution is -2.70. The van der Waals surface area contributed by atoms with Crippen LogP contribution in [-0.2, 0) is 41.5 Å². The predicted octanol–water partition coefficient (Wildman–Crippen LogP) is 3.63. The molecule has 1 aliphatic heterocycles. The van der Waals surface area contributed by atoms with Crippen molar-refractivity contribution in [1.29, 1.82) is 0 Å². The number of sulfone groups is 1. The molecule has 3 aliphatic rings. The maximum atomic E-state index is 14.9. The minimum atomic E-state index is -6.40. The highest BCUT2D eigenvalue weighted by molar-refractivity contribution is 7.92. The zero-order valence-corrected chi connectivity index (χ0v) is 24.8. The van der Waals surface area contributed by atoms with Gasteiger partial charge in [-0.3, -0.25) is 4.79 Å².